The molecule has 0 heterocycles. The quantitative estimate of drug-likeness (QED) is 0.831. The van der Waals surface area contributed by atoms with E-state index in [1.807, 2.05) is 13.8 Å². The van der Waals surface area contributed by atoms with E-state index in [9.17, 15) is 5.11 Å². The Morgan fingerprint density at radius 2 is 1.70 bits per heavy atom. The molecule has 1 unspecified atom stereocenters. The van der Waals surface area contributed by atoms with Crippen molar-refractivity contribution in [3.63, 3.8) is 0 Å². The first-order valence-corrected chi connectivity index (χ1v) is 7.52. The summed E-state index contributed by atoms with van der Waals surface area (Å²) in [6.07, 6.45) is 1.56. The minimum Gasteiger partial charge on any atom is -0.389 e. The Balaban J connectivity index is 2.09. The van der Waals surface area contributed by atoms with Crippen molar-refractivity contribution < 1.29 is 5.11 Å². The molecule has 0 radical (unpaired) electrons. The van der Waals surface area contributed by atoms with Crippen LogP contribution in [-0.4, -0.2) is 17.3 Å². The van der Waals surface area contributed by atoms with E-state index in [4.69, 9.17) is 0 Å². The van der Waals surface area contributed by atoms with Crippen LogP contribution in [0.25, 0.3) is 10.8 Å². The van der Waals surface area contributed by atoms with E-state index >= 15 is 0 Å². The van der Waals surface area contributed by atoms with Crippen LogP contribution in [0.4, 0.5) is 0 Å². The molecule has 0 amide bonds. The van der Waals surface area contributed by atoms with Crippen molar-refractivity contribution in [2.24, 2.45) is 0 Å². The summed E-state index contributed by atoms with van der Waals surface area (Å²) in [4.78, 5) is 0. The minimum absolute atomic E-state index is 0.240. The number of fused-ring (bicyclic) bond motifs is 1. The molecule has 20 heavy (non-hydrogen) atoms. The second-order valence-electron chi connectivity index (χ2n) is 5.64. The standard InChI is InChI=1S/C18H25NO/c1-4-18(20,5-2)13-19-14(3)16-11-10-15-8-6-7-9-17(15)12-16/h6-12,14,19-20H,4-5,13H2,1-3H3. The molecule has 0 aromatic heterocycles. The van der Waals surface area contributed by atoms with Crippen molar-refractivity contribution in [2.75, 3.05) is 6.54 Å². The number of rotatable bonds is 6. The van der Waals surface area contributed by atoms with Crippen molar-refractivity contribution in [2.45, 2.75) is 45.3 Å². The topological polar surface area (TPSA) is 32.3 Å². The van der Waals surface area contributed by atoms with Gasteiger partial charge in [-0.25, -0.2) is 0 Å². The second-order valence-corrected chi connectivity index (χ2v) is 5.64. The molecular formula is C18H25NO. The van der Waals surface area contributed by atoms with Crippen molar-refractivity contribution in [1.29, 1.82) is 0 Å². The predicted molar refractivity (Wildman–Crippen MR) is 85.9 cm³/mol. The Morgan fingerprint density at radius 3 is 2.35 bits per heavy atom. The van der Waals surface area contributed by atoms with Gasteiger partial charge in [-0.05, 0) is 42.2 Å². The third-order valence-electron chi connectivity index (χ3n) is 4.33. The minimum atomic E-state index is -0.592. The van der Waals surface area contributed by atoms with E-state index in [1.54, 1.807) is 0 Å². The number of aliphatic hydroxyl groups is 1. The van der Waals surface area contributed by atoms with Crippen molar-refractivity contribution in [3.8, 4) is 0 Å². The second kappa shape index (κ2) is 6.38. The first kappa shape index (κ1) is 15.0. The Bertz CT molecular complexity index is 560. The molecule has 0 bridgehead atoms. The number of nitrogens with one attached hydrogen (secondary N) is 1. The maximum Gasteiger partial charge on any atom is 0.0766 e. The summed E-state index contributed by atoms with van der Waals surface area (Å²) >= 11 is 0. The Kier molecular flexibility index (Phi) is 4.79. The van der Waals surface area contributed by atoms with Gasteiger partial charge in [-0.1, -0.05) is 50.2 Å². The first-order valence-electron chi connectivity index (χ1n) is 7.52. The van der Waals surface area contributed by atoms with Gasteiger partial charge in [0.05, 0.1) is 5.60 Å². The van der Waals surface area contributed by atoms with Gasteiger partial charge >= 0.3 is 0 Å². The smallest absolute Gasteiger partial charge is 0.0766 e. The van der Waals surface area contributed by atoms with Gasteiger partial charge < -0.3 is 10.4 Å². The monoisotopic (exact) mass is 271 g/mol. The van der Waals surface area contributed by atoms with Crippen molar-refractivity contribution in [3.05, 3.63) is 48.0 Å². The predicted octanol–water partition coefficient (Wildman–Crippen LogP) is 4.04. The molecule has 0 saturated carbocycles. The summed E-state index contributed by atoms with van der Waals surface area (Å²) in [5, 5.41) is 16.3. The Hall–Kier alpha value is -1.38. The van der Waals surface area contributed by atoms with Gasteiger partial charge in [0.15, 0.2) is 0 Å². The van der Waals surface area contributed by atoms with Crippen LogP contribution in [0.3, 0.4) is 0 Å². The molecule has 2 aromatic rings. The Morgan fingerprint density at radius 1 is 1.05 bits per heavy atom. The van der Waals surface area contributed by atoms with E-state index in [1.165, 1.54) is 16.3 Å². The van der Waals surface area contributed by atoms with Crippen LogP contribution in [-0.2, 0) is 0 Å². The average molecular weight is 271 g/mol. The van der Waals surface area contributed by atoms with Gasteiger partial charge in [0, 0.05) is 12.6 Å². The number of benzene rings is 2. The molecule has 0 aliphatic carbocycles. The summed E-state index contributed by atoms with van der Waals surface area (Å²) in [7, 11) is 0. The van der Waals surface area contributed by atoms with Crippen LogP contribution in [0.15, 0.2) is 42.5 Å². The fourth-order valence-electron chi connectivity index (χ4n) is 2.44. The highest BCUT2D eigenvalue weighted by Gasteiger charge is 2.22. The van der Waals surface area contributed by atoms with Crippen LogP contribution in [0.1, 0.15) is 45.2 Å². The molecule has 2 nitrogen and oxygen atoms in total. The highest BCUT2D eigenvalue weighted by molar-refractivity contribution is 5.83. The molecular weight excluding hydrogens is 246 g/mol. The molecule has 2 N–H and O–H groups in total. The van der Waals surface area contributed by atoms with E-state index in [2.05, 4.69) is 54.7 Å². The zero-order valence-corrected chi connectivity index (χ0v) is 12.7. The maximum atomic E-state index is 10.3. The van der Waals surface area contributed by atoms with Gasteiger partial charge in [0.25, 0.3) is 0 Å². The molecule has 2 aromatic carbocycles. The fraction of sp³-hybridized carbons (Fsp3) is 0.444. The zero-order chi connectivity index (χ0) is 14.6. The van der Waals surface area contributed by atoms with Crippen LogP contribution in [0.2, 0.25) is 0 Å². The summed E-state index contributed by atoms with van der Waals surface area (Å²) in [6.45, 7) is 6.85. The van der Waals surface area contributed by atoms with Crippen LogP contribution in [0, 0.1) is 0 Å². The SMILES string of the molecule is CCC(O)(CC)CNC(C)c1ccc2ccccc2c1. The summed E-state index contributed by atoms with van der Waals surface area (Å²) in [5.41, 5.74) is 0.670. The van der Waals surface area contributed by atoms with Gasteiger partial charge in [0.2, 0.25) is 0 Å². The lowest BCUT2D eigenvalue weighted by molar-refractivity contribution is 0.0303. The van der Waals surface area contributed by atoms with Crippen LogP contribution >= 0.6 is 0 Å². The van der Waals surface area contributed by atoms with Crippen molar-refractivity contribution in [1.82, 2.24) is 5.32 Å². The zero-order valence-electron chi connectivity index (χ0n) is 12.7. The fourth-order valence-corrected chi connectivity index (χ4v) is 2.44. The lowest BCUT2D eigenvalue weighted by Crippen LogP contribution is -2.40. The van der Waals surface area contributed by atoms with Crippen molar-refractivity contribution >= 4 is 10.8 Å². The van der Waals surface area contributed by atoms with E-state index in [0.717, 1.165) is 12.8 Å². The van der Waals surface area contributed by atoms with E-state index in [-0.39, 0.29) is 6.04 Å². The molecule has 0 fully saturated rings. The molecule has 0 spiro atoms. The van der Waals surface area contributed by atoms with Crippen LogP contribution in [0.5, 0.6) is 0 Å². The number of hydrogen-bond donors (Lipinski definition) is 2. The number of hydrogen-bond acceptors (Lipinski definition) is 2. The summed E-state index contributed by atoms with van der Waals surface area (Å²) < 4.78 is 0. The molecule has 1 atom stereocenters. The highest BCUT2D eigenvalue weighted by atomic mass is 16.3. The lowest BCUT2D eigenvalue weighted by Gasteiger charge is -2.27. The largest absolute Gasteiger partial charge is 0.389 e. The van der Waals surface area contributed by atoms with E-state index < -0.39 is 5.60 Å². The van der Waals surface area contributed by atoms with Gasteiger partial charge in [-0.2, -0.15) is 0 Å². The van der Waals surface area contributed by atoms with Crippen LogP contribution < -0.4 is 5.32 Å². The molecule has 0 aliphatic rings. The normalized spacial score (nSPS) is 13.6. The Labute approximate surface area is 121 Å². The molecule has 2 rings (SSSR count). The van der Waals surface area contributed by atoms with Gasteiger partial charge in [0.1, 0.15) is 0 Å². The molecule has 108 valence electrons. The molecule has 0 saturated heterocycles. The first-order chi connectivity index (χ1) is 9.58. The highest BCUT2D eigenvalue weighted by Crippen LogP contribution is 2.21. The molecule has 2 heteroatoms. The van der Waals surface area contributed by atoms with Gasteiger partial charge in [-0.3, -0.25) is 0 Å². The third-order valence-corrected chi connectivity index (χ3v) is 4.33. The summed E-state index contributed by atoms with van der Waals surface area (Å²) in [6, 6.07) is 15.2. The third kappa shape index (κ3) is 3.38. The molecule has 0 aliphatic heterocycles. The van der Waals surface area contributed by atoms with E-state index in [0.29, 0.717) is 6.54 Å². The summed E-state index contributed by atoms with van der Waals surface area (Å²) in [5.74, 6) is 0. The maximum absolute atomic E-state index is 10.3. The average Bonchev–Trinajstić information content (AvgIpc) is 2.51. The lowest BCUT2D eigenvalue weighted by atomic mass is 9.96. The van der Waals surface area contributed by atoms with Gasteiger partial charge in [-0.15, -0.1) is 0 Å².